The molecule has 3 heterocycles. The number of carbonyl (C=O) groups excluding carboxylic acids is 1. The third-order valence-corrected chi connectivity index (χ3v) is 5.78. The van der Waals surface area contributed by atoms with Gasteiger partial charge < -0.3 is 14.3 Å². The van der Waals surface area contributed by atoms with Crippen LogP contribution in [0.25, 0.3) is 22.8 Å². The standard InChI is InChI=1S/C19H17N5O2S2/c1-12-5-7-13(8-6-12)14-10-27-18(20-14)21-16(25)11-28-19-23-22-17(24(19)2)15-4-3-9-26-15/h3-10H,11H2,1-2H3,(H,20,21,25). The van der Waals surface area contributed by atoms with Gasteiger partial charge in [-0.25, -0.2) is 4.98 Å². The number of rotatable bonds is 6. The van der Waals surface area contributed by atoms with Crippen LogP contribution >= 0.6 is 23.1 Å². The van der Waals surface area contributed by atoms with E-state index in [9.17, 15) is 4.79 Å². The first-order valence-corrected chi connectivity index (χ1v) is 10.3. The van der Waals surface area contributed by atoms with Crippen LogP contribution in [0.4, 0.5) is 5.13 Å². The molecule has 4 rings (SSSR count). The number of aromatic nitrogens is 4. The minimum Gasteiger partial charge on any atom is -0.461 e. The lowest BCUT2D eigenvalue weighted by Gasteiger charge is -2.03. The average Bonchev–Trinajstić information content (AvgIpc) is 3.42. The largest absolute Gasteiger partial charge is 0.461 e. The second kappa shape index (κ2) is 7.99. The molecular weight excluding hydrogens is 394 g/mol. The smallest absolute Gasteiger partial charge is 0.236 e. The molecule has 0 spiro atoms. The maximum Gasteiger partial charge on any atom is 0.236 e. The second-order valence-electron chi connectivity index (χ2n) is 6.08. The van der Waals surface area contributed by atoms with Crippen LogP contribution in [0.1, 0.15) is 5.56 Å². The molecule has 7 nitrogen and oxygen atoms in total. The van der Waals surface area contributed by atoms with E-state index in [1.165, 1.54) is 28.7 Å². The summed E-state index contributed by atoms with van der Waals surface area (Å²) in [6.45, 7) is 2.04. The number of carbonyl (C=O) groups is 1. The minimum absolute atomic E-state index is 0.141. The number of hydrogen-bond donors (Lipinski definition) is 1. The quantitative estimate of drug-likeness (QED) is 0.478. The van der Waals surface area contributed by atoms with Crippen molar-refractivity contribution in [3.8, 4) is 22.8 Å². The molecule has 0 aliphatic heterocycles. The summed E-state index contributed by atoms with van der Waals surface area (Å²) < 4.78 is 7.15. The monoisotopic (exact) mass is 411 g/mol. The fourth-order valence-electron chi connectivity index (χ4n) is 2.53. The van der Waals surface area contributed by atoms with Crippen molar-refractivity contribution in [3.63, 3.8) is 0 Å². The number of aryl methyl sites for hydroxylation is 1. The third-order valence-electron chi connectivity index (χ3n) is 4.01. The zero-order valence-electron chi connectivity index (χ0n) is 15.2. The number of benzene rings is 1. The Morgan fingerprint density at radius 3 is 2.82 bits per heavy atom. The van der Waals surface area contributed by atoms with E-state index in [4.69, 9.17) is 4.42 Å². The van der Waals surface area contributed by atoms with Crippen LogP contribution in [-0.2, 0) is 11.8 Å². The molecular formula is C19H17N5O2S2. The SMILES string of the molecule is Cc1ccc(-c2csc(NC(=O)CSc3nnc(-c4ccco4)n3C)n2)cc1. The molecule has 0 unspecified atom stereocenters. The first kappa shape index (κ1) is 18.5. The predicted molar refractivity (Wildman–Crippen MR) is 110 cm³/mol. The molecule has 1 amide bonds. The summed E-state index contributed by atoms with van der Waals surface area (Å²) in [5.41, 5.74) is 3.08. The molecule has 0 bridgehead atoms. The van der Waals surface area contributed by atoms with Crippen molar-refractivity contribution in [1.29, 1.82) is 0 Å². The van der Waals surface area contributed by atoms with Crippen LogP contribution in [-0.4, -0.2) is 31.4 Å². The lowest BCUT2D eigenvalue weighted by molar-refractivity contribution is -0.113. The Labute approximate surface area is 169 Å². The van der Waals surface area contributed by atoms with Gasteiger partial charge in [0.1, 0.15) is 0 Å². The Kier molecular flexibility index (Phi) is 5.27. The summed E-state index contributed by atoms with van der Waals surface area (Å²) in [5, 5.41) is 14.2. The van der Waals surface area contributed by atoms with Crippen molar-refractivity contribution in [2.75, 3.05) is 11.1 Å². The van der Waals surface area contributed by atoms with Crippen molar-refractivity contribution < 1.29 is 9.21 Å². The topological polar surface area (TPSA) is 85.8 Å². The Morgan fingerprint density at radius 1 is 1.25 bits per heavy atom. The van der Waals surface area contributed by atoms with Gasteiger partial charge in [0, 0.05) is 18.0 Å². The Balaban J connectivity index is 1.36. The molecule has 0 fully saturated rings. The van der Waals surface area contributed by atoms with Gasteiger partial charge >= 0.3 is 0 Å². The molecule has 0 aliphatic rings. The van der Waals surface area contributed by atoms with Crippen LogP contribution in [0.5, 0.6) is 0 Å². The van der Waals surface area contributed by atoms with Gasteiger partial charge in [-0.2, -0.15) is 0 Å². The number of thiazole rings is 1. The molecule has 142 valence electrons. The van der Waals surface area contributed by atoms with Gasteiger partial charge in [0.25, 0.3) is 0 Å². The highest BCUT2D eigenvalue weighted by molar-refractivity contribution is 7.99. The first-order chi connectivity index (χ1) is 13.6. The molecule has 0 saturated carbocycles. The predicted octanol–water partition coefficient (Wildman–Crippen LogP) is 4.24. The fraction of sp³-hybridized carbons (Fsp3) is 0.158. The van der Waals surface area contributed by atoms with Crippen LogP contribution in [0, 0.1) is 6.92 Å². The molecule has 1 aromatic carbocycles. The number of hydrogen-bond acceptors (Lipinski definition) is 7. The molecule has 0 radical (unpaired) electrons. The number of furan rings is 1. The van der Waals surface area contributed by atoms with Crippen molar-refractivity contribution in [3.05, 3.63) is 53.6 Å². The van der Waals surface area contributed by atoms with Gasteiger partial charge in [0.05, 0.1) is 17.7 Å². The summed E-state index contributed by atoms with van der Waals surface area (Å²) in [5.74, 6) is 1.33. The van der Waals surface area contributed by atoms with E-state index in [0.717, 1.165) is 11.3 Å². The number of nitrogens with one attached hydrogen (secondary N) is 1. The van der Waals surface area contributed by atoms with Crippen LogP contribution in [0.2, 0.25) is 0 Å². The number of nitrogens with zero attached hydrogens (tertiary/aromatic N) is 4. The first-order valence-electron chi connectivity index (χ1n) is 8.48. The highest BCUT2D eigenvalue weighted by Gasteiger charge is 2.15. The number of amides is 1. The van der Waals surface area contributed by atoms with E-state index >= 15 is 0 Å². The summed E-state index contributed by atoms with van der Waals surface area (Å²) in [6, 6.07) is 11.7. The minimum atomic E-state index is -0.141. The summed E-state index contributed by atoms with van der Waals surface area (Å²) in [7, 11) is 1.84. The molecule has 0 aliphatic carbocycles. The molecule has 3 aromatic heterocycles. The molecule has 4 aromatic rings. The van der Waals surface area contributed by atoms with Gasteiger partial charge in [-0.05, 0) is 19.1 Å². The van der Waals surface area contributed by atoms with Crippen molar-refractivity contribution in [2.45, 2.75) is 12.1 Å². The normalized spacial score (nSPS) is 10.9. The molecule has 28 heavy (non-hydrogen) atoms. The van der Waals surface area contributed by atoms with E-state index in [0.29, 0.717) is 21.9 Å². The second-order valence-corrected chi connectivity index (χ2v) is 7.88. The van der Waals surface area contributed by atoms with Crippen LogP contribution in [0.15, 0.2) is 57.6 Å². The summed E-state index contributed by atoms with van der Waals surface area (Å²) in [4.78, 5) is 16.8. The fourth-order valence-corrected chi connectivity index (χ4v) is 3.98. The van der Waals surface area contributed by atoms with E-state index in [2.05, 4.69) is 20.5 Å². The Bertz CT molecular complexity index is 1080. The average molecular weight is 412 g/mol. The Hall–Kier alpha value is -2.91. The highest BCUT2D eigenvalue weighted by Crippen LogP contribution is 2.26. The van der Waals surface area contributed by atoms with E-state index < -0.39 is 0 Å². The van der Waals surface area contributed by atoms with Crippen molar-refractivity contribution in [1.82, 2.24) is 19.7 Å². The van der Waals surface area contributed by atoms with Crippen molar-refractivity contribution >= 4 is 34.1 Å². The number of anilines is 1. The lowest BCUT2D eigenvalue weighted by atomic mass is 10.1. The van der Waals surface area contributed by atoms with Gasteiger partial charge in [-0.3, -0.25) is 4.79 Å². The van der Waals surface area contributed by atoms with Crippen LogP contribution < -0.4 is 5.32 Å². The molecule has 0 atom stereocenters. The van der Waals surface area contributed by atoms with Crippen molar-refractivity contribution in [2.24, 2.45) is 7.05 Å². The number of thioether (sulfide) groups is 1. The van der Waals surface area contributed by atoms with E-state index in [1.807, 2.05) is 49.7 Å². The summed E-state index contributed by atoms with van der Waals surface area (Å²) >= 11 is 2.72. The maximum atomic E-state index is 12.3. The van der Waals surface area contributed by atoms with E-state index in [-0.39, 0.29) is 11.7 Å². The molecule has 9 heteroatoms. The maximum absolute atomic E-state index is 12.3. The summed E-state index contributed by atoms with van der Waals surface area (Å²) in [6.07, 6.45) is 1.59. The van der Waals surface area contributed by atoms with Gasteiger partial charge in [0.2, 0.25) is 5.91 Å². The van der Waals surface area contributed by atoms with Crippen LogP contribution in [0.3, 0.4) is 0 Å². The highest BCUT2D eigenvalue weighted by atomic mass is 32.2. The molecule has 0 saturated heterocycles. The third kappa shape index (κ3) is 4.00. The Morgan fingerprint density at radius 2 is 2.07 bits per heavy atom. The van der Waals surface area contributed by atoms with Gasteiger partial charge in [0.15, 0.2) is 21.9 Å². The van der Waals surface area contributed by atoms with Gasteiger partial charge in [-0.15, -0.1) is 21.5 Å². The zero-order chi connectivity index (χ0) is 19.5. The zero-order valence-corrected chi connectivity index (χ0v) is 16.9. The lowest BCUT2D eigenvalue weighted by Crippen LogP contribution is -2.14. The molecule has 1 N–H and O–H groups in total. The van der Waals surface area contributed by atoms with Gasteiger partial charge in [-0.1, -0.05) is 41.6 Å². The van der Waals surface area contributed by atoms with E-state index in [1.54, 1.807) is 16.9 Å².